The van der Waals surface area contributed by atoms with Crippen LogP contribution in [0.3, 0.4) is 0 Å². The van der Waals surface area contributed by atoms with Gasteiger partial charge < -0.3 is 5.32 Å². The molecule has 0 amide bonds. The van der Waals surface area contributed by atoms with Crippen LogP contribution in [0.2, 0.25) is 0 Å². The van der Waals surface area contributed by atoms with E-state index in [-0.39, 0.29) is 12.1 Å². The van der Waals surface area contributed by atoms with E-state index in [1.807, 2.05) is 6.92 Å². The van der Waals surface area contributed by atoms with Gasteiger partial charge in [0.2, 0.25) is 0 Å². The lowest BCUT2D eigenvalue weighted by molar-refractivity contribution is -0.00369. The van der Waals surface area contributed by atoms with Crippen LogP contribution in [0.5, 0.6) is 0 Å². The first-order valence-corrected chi connectivity index (χ1v) is 5.70. The second-order valence-electron chi connectivity index (χ2n) is 4.21. The van der Waals surface area contributed by atoms with Crippen molar-refractivity contribution in [3.8, 4) is 0 Å². The third-order valence-electron chi connectivity index (χ3n) is 2.73. The molecule has 16 heavy (non-hydrogen) atoms. The Morgan fingerprint density at radius 2 is 1.88 bits per heavy atom. The van der Waals surface area contributed by atoms with E-state index in [0.29, 0.717) is 12.5 Å². The summed E-state index contributed by atoms with van der Waals surface area (Å²) in [6.07, 6.45) is 1.00. The lowest BCUT2D eigenvalue weighted by Crippen LogP contribution is -2.33. The fourth-order valence-electron chi connectivity index (χ4n) is 1.40. The second kappa shape index (κ2) is 5.94. The molecule has 1 atom stereocenters. The van der Waals surface area contributed by atoms with E-state index in [0.717, 1.165) is 6.42 Å². The maximum Gasteiger partial charge on any atom is 0.285 e. The van der Waals surface area contributed by atoms with E-state index in [1.54, 1.807) is 18.2 Å². The zero-order chi connectivity index (χ0) is 12.0. The summed E-state index contributed by atoms with van der Waals surface area (Å²) in [5.74, 6) is -2.35. The quantitative estimate of drug-likeness (QED) is 0.785. The van der Waals surface area contributed by atoms with Crippen LogP contribution in [0.25, 0.3) is 0 Å². The normalized spacial score (nSPS) is 13.8. The highest BCUT2D eigenvalue weighted by Gasteiger charge is 2.30. The van der Waals surface area contributed by atoms with E-state index in [4.69, 9.17) is 0 Å². The lowest BCUT2D eigenvalue weighted by Gasteiger charge is -2.18. The summed E-state index contributed by atoms with van der Waals surface area (Å²) in [5.41, 5.74) is 0.0756. The van der Waals surface area contributed by atoms with E-state index < -0.39 is 5.92 Å². The zero-order valence-corrected chi connectivity index (χ0v) is 9.84. The molecule has 0 heterocycles. The van der Waals surface area contributed by atoms with Gasteiger partial charge >= 0.3 is 0 Å². The fourth-order valence-corrected chi connectivity index (χ4v) is 1.40. The highest BCUT2D eigenvalue weighted by atomic mass is 19.3. The van der Waals surface area contributed by atoms with Crippen molar-refractivity contribution in [2.24, 2.45) is 5.92 Å². The molecule has 1 N–H and O–H groups in total. The molecule has 1 unspecified atom stereocenters. The number of rotatable bonds is 6. The van der Waals surface area contributed by atoms with E-state index in [2.05, 4.69) is 12.2 Å². The molecule has 1 nitrogen and oxygen atoms in total. The molecule has 0 aliphatic rings. The minimum Gasteiger partial charge on any atom is -0.311 e. The Morgan fingerprint density at radius 1 is 1.25 bits per heavy atom. The van der Waals surface area contributed by atoms with Crippen molar-refractivity contribution in [3.63, 3.8) is 0 Å². The van der Waals surface area contributed by atoms with Crippen molar-refractivity contribution < 1.29 is 8.78 Å². The lowest BCUT2D eigenvalue weighted by atomic mass is 10.1. The van der Waals surface area contributed by atoms with Gasteiger partial charge in [0.1, 0.15) is 0 Å². The Balaban J connectivity index is 2.46. The summed E-state index contributed by atoms with van der Waals surface area (Å²) >= 11 is 0. The molecule has 90 valence electrons. The Labute approximate surface area is 95.9 Å². The third kappa shape index (κ3) is 3.89. The van der Waals surface area contributed by atoms with Crippen molar-refractivity contribution >= 4 is 0 Å². The molecular weight excluding hydrogens is 208 g/mol. The van der Waals surface area contributed by atoms with Crippen LogP contribution in [0.1, 0.15) is 25.8 Å². The number of halogens is 2. The van der Waals surface area contributed by atoms with Gasteiger partial charge in [-0.05, 0) is 12.5 Å². The second-order valence-corrected chi connectivity index (χ2v) is 4.21. The summed E-state index contributed by atoms with van der Waals surface area (Å²) in [6, 6.07) is 7.94. The predicted octanol–water partition coefficient (Wildman–Crippen LogP) is 3.41. The van der Waals surface area contributed by atoms with Gasteiger partial charge in [0.05, 0.1) is 6.54 Å². The van der Waals surface area contributed by atoms with Gasteiger partial charge in [-0.3, -0.25) is 0 Å². The molecule has 0 aliphatic carbocycles. The molecule has 1 aromatic rings. The van der Waals surface area contributed by atoms with Crippen molar-refractivity contribution in [1.82, 2.24) is 5.32 Å². The first-order valence-electron chi connectivity index (χ1n) is 5.70. The molecule has 0 saturated carbocycles. The van der Waals surface area contributed by atoms with Gasteiger partial charge in [-0.15, -0.1) is 0 Å². The summed E-state index contributed by atoms with van der Waals surface area (Å²) < 4.78 is 27.3. The van der Waals surface area contributed by atoms with Crippen molar-refractivity contribution in [1.29, 1.82) is 0 Å². The number of benzene rings is 1. The molecule has 0 aliphatic heterocycles. The highest BCUT2D eigenvalue weighted by molar-refractivity contribution is 5.20. The van der Waals surface area contributed by atoms with Gasteiger partial charge in [-0.2, -0.15) is 8.78 Å². The van der Waals surface area contributed by atoms with Crippen LogP contribution < -0.4 is 5.32 Å². The van der Waals surface area contributed by atoms with Gasteiger partial charge in [-0.1, -0.05) is 50.6 Å². The minimum atomic E-state index is -2.78. The summed E-state index contributed by atoms with van der Waals surface area (Å²) in [5, 5.41) is 2.82. The van der Waals surface area contributed by atoms with Gasteiger partial charge in [0.15, 0.2) is 0 Å². The molecule has 1 aromatic carbocycles. The largest absolute Gasteiger partial charge is 0.311 e. The van der Waals surface area contributed by atoms with Crippen LogP contribution in [0.15, 0.2) is 30.3 Å². The molecule has 1 rings (SSSR count). The molecule has 3 heteroatoms. The third-order valence-corrected chi connectivity index (χ3v) is 2.73. The van der Waals surface area contributed by atoms with E-state index in [1.165, 1.54) is 12.1 Å². The Bertz CT molecular complexity index is 298. The summed E-state index contributed by atoms with van der Waals surface area (Å²) in [6.45, 7) is 4.45. The number of hydrogen-bond acceptors (Lipinski definition) is 1. The average molecular weight is 227 g/mol. The smallest absolute Gasteiger partial charge is 0.285 e. The van der Waals surface area contributed by atoms with E-state index >= 15 is 0 Å². The van der Waals surface area contributed by atoms with Crippen LogP contribution in [0.4, 0.5) is 8.78 Å². The van der Waals surface area contributed by atoms with Gasteiger partial charge in [-0.25, -0.2) is 0 Å². The van der Waals surface area contributed by atoms with Crippen LogP contribution in [-0.4, -0.2) is 13.1 Å². The molecular formula is C13H19F2N. The maximum absolute atomic E-state index is 13.6. The monoisotopic (exact) mass is 227 g/mol. The number of nitrogens with one attached hydrogen (secondary N) is 1. The predicted molar refractivity (Wildman–Crippen MR) is 62.7 cm³/mol. The highest BCUT2D eigenvalue weighted by Crippen LogP contribution is 2.26. The van der Waals surface area contributed by atoms with Crippen molar-refractivity contribution in [2.45, 2.75) is 26.2 Å². The van der Waals surface area contributed by atoms with Gasteiger partial charge in [0, 0.05) is 5.56 Å². The van der Waals surface area contributed by atoms with Crippen LogP contribution in [-0.2, 0) is 5.92 Å². The number of alkyl halides is 2. The Hall–Kier alpha value is -0.960. The number of hydrogen-bond donors (Lipinski definition) is 1. The zero-order valence-electron chi connectivity index (χ0n) is 9.84. The average Bonchev–Trinajstić information content (AvgIpc) is 2.30. The fraction of sp³-hybridized carbons (Fsp3) is 0.538. The Kier molecular flexibility index (Phi) is 4.87. The summed E-state index contributed by atoms with van der Waals surface area (Å²) in [4.78, 5) is 0. The standard InChI is InChI=1S/C13H19F2N/c1-3-11(2)9-16-10-13(14,15)12-7-5-4-6-8-12/h4-8,11,16H,3,9-10H2,1-2H3. The summed E-state index contributed by atoms with van der Waals surface area (Å²) in [7, 11) is 0. The first kappa shape index (κ1) is 13.1. The van der Waals surface area contributed by atoms with Gasteiger partial charge in [0.25, 0.3) is 5.92 Å². The van der Waals surface area contributed by atoms with Crippen molar-refractivity contribution in [2.75, 3.05) is 13.1 Å². The SMILES string of the molecule is CCC(C)CNCC(F)(F)c1ccccc1. The minimum absolute atomic E-state index is 0.0756. The van der Waals surface area contributed by atoms with Crippen molar-refractivity contribution in [3.05, 3.63) is 35.9 Å². The molecule has 0 bridgehead atoms. The topological polar surface area (TPSA) is 12.0 Å². The molecule has 0 spiro atoms. The molecule has 0 aromatic heterocycles. The molecule has 0 saturated heterocycles. The molecule has 0 radical (unpaired) electrons. The first-order chi connectivity index (χ1) is 7.56. The van der Waals surface area contributed by atoms with Crippen LogP contribution in [0, 0.1) is 5.92 Å². The van der Waals surface area contributed by atoms with E-state index in [9.17, 15) is 8.78 Å². The van der Waals surface area contributed by atoms with Crippen LogP contribution >= 0.6 is 0 Å². The Morgan fingerprint density at radius 3 is 2.44 bits per heavy atom. The molecule has 0 fully saturated rings. The maximum atomic E-state index is 13.6.